The van der Waals surface area contributed by atoms with Crippen molar-refractivity contribution in [1.82, 2.24) is 14.7 Å². The van der Waals surface area contributed by atoms with Crippen molar-refractivity contribution in [3.8, 4) is 0 Å². The van der Waals surface area contributed by atoms with E-state index in [2.05, 4.69) is 5.10 Å². The minimum Gasteiger partial charge on any atom is -0.459 e. The molecular formula is C22H21N3O3. The molecule has 1 atom stereocenters. The Balaban J connectivity index is 1.60. The number of carbonyl (C=O) groups is 1. The maximum absolute atomic E-state index is 12.8. The number of fused-ring (bicyclic) bond motifs is 2. The molecule has 28 heavy (non-hydrogen) atoms. The number of amides is 1. The number of aryl methyl sites for hydroxylation is 1. The lowest BCUT2D eigenvalue weighted by Crippen LogP contribution is -2.36. The number of aromatic nitrogens is 2. The van der Waals surface area contributed by atoms with Gasteiger partial charge < -0.3 is 9.32 Å². The molecule has 6 nitrogen and oxygen atoms in total. The van der Waals surface area contributed by atoms with Crippen molar-refractivity contribution in [2.45, 2.75) is 26.4 Å². The first kappa shape index (κ1) is 18.0. The maximum Gasteiger partial charge on any atom is 0.275 e. The molecule has 0 aliphatic rings. The SMILES string of the molecule is Cc1nn(CC(=O)N(C)[C@H](C)c2cc3ccccc3o2)c(=O)c2ccccc12. The monoisotopic (exact) mass is 375 g/mol. The topological polar surface area (TPSA) is 68.3 Å². The molecule has 0 radical (unpaired) electrons. The highest BCUT2D eigenvalue weighted by molar-refractivity contribution is 5.84. The molecule has 6 heteroatoms. The molecular weight excluding hydrogens is 354 g/mol. The van der Waals surface area contributed by atoms with Crippen LogP contribution in [0.1, 0.15) is 24.4 Å². The van der Waals surface area contributed by atoms with Crippen LogP contribution in [0.3, 0.4) is 0 Å². The Bertz CT molecular complexity index is 1210. The van der Waals surface area contributed by atoms with Gasteiger partial charge in [0, 0.05) is 17.8 Å². The maximum atomic E-state index is 12.8. The summed E-state index contributed by atoms with van der Waals surface area (Å²) in [7, 11) is 1.71. The highest BCUT2D eigenvalue weighted by atomic mass is 16.3. The molecule has 2 aromatic carbocycles. The molecule has 1 amide bonds. The molecule has 2 aromatic heterocycles. The second-order valence-electron chi connectivity index (χ2n) is 6.96. The second-order valence-corrected chi connectivity index (χ2v) is 6.96. The van der Waals surface area contributed by atoms with Gasteiger partial charge in [0.25, 0.3) is 5.56 Å². The number of likely N-dealkylation sites (N-methyl/N-ethyl adjacent to an activating group) is 1. The third-order valence-electron chi connectivity index (χ3n) is 5.17. The molecule has 4 rings (SSSR count). The van der Waals surface area contributed by atoms with E-state index >= 15 is 0 Å². The summed E-state index contributed by atoms with van der Waals surface area (Å²) in [6.07, 6.45) is 0. The number of rotatable bonds is 4. The van der Waals surface area contributed by atoms with E-state index in [0.29, 0.717) is 11.1 Å². The second kappa shape index (κ2) is 6.96. The molecule has 0 spiro atoms. The molecule has 142 valence electrons. The smallest absolute Gasteiger partial charge is 0.275 e. The van der Waals surface area contributed by atoms with Gasteiger partial charge in [0.05, 0.1) is 17.1 Å². The fourth-order valence-electron chi connectivity index (χ4n) is 3.37. The number of carbonyl (C=O) groups excluding carboxylic acids is 1. The van der Waals surface area contributed by atoms with Crippen LogP contribution in [-0.4, -0.2) is 27.6 Å². The zero-order valence-corrected chi connectivity index (χ0v) is 16.0. The van der Waals surface area contributed by atoms with Crippen molar-refractivity contribution in [3.63, 3.8) is 0 Å². The number of furan rings is 1. The van der Waals surface area contributed by atoms with E-state index < -0.39 is 0 Å². The third-order valence-corrected chi connectivity index (χ3v) is 5.17. The number of para-hydroxylation sites is 1. The molecule has 0 aliphatic heterocycles. The lowest BCUT2D eigenvalue weighted by molar-refractivity contribution is -0.133. The Morgan fingerprint density at radius 2 is 1.82 bits per heavy atom. The van der Waals surface area contributed by atoms with E-state index in [1.54, 1.807) is 18.0 Å². The van der Waals surface area contributed by atoms with Crippen LogP contribution in [0.4, 0.5) is 0 Å². The number of hydrogen-bond donors (Lipinski definition) is 0. The predicted molar refractivity (Wildman–Crippen MR) is 108 cm³/mol. The average Bonchev–Trinajstić information content (AvgIpc) is 3.15. The number of benzene rings is 2. The minimum atomic E-state index is -0.267. The Kier molecular flexibility index (Phi) is 4.47. The van der Waals surface area contributed by atoms with E-state index in [0.717, 1.165) is 22.0 Å². The quantitative estimate of drug-likeness (QED) is 0.546. The summed E-state index contributed by atoms with van der Waals surface area (Å²) >= 11 is 0. The van der Waals surface area contributed by atoms with Gasteiger partial charge in [-0.3, -0.25) is 9.59 Å². The minimum absolute atomic E-state index is 0.119. The average molecular weight is 375 g/mol. The Labute approximate surface area is 162 Å². The highest BCUT2D eigenvalue weighted by Gasteiger charge is 2.22. The van der Waals surface area contributed by atoms with Crippen LogP contribution in [0.5, 0.6) is 0 Å². The first-order valence-corrected chi connectivity index (χ1v) is 9.16. The van der Waals surface area contributed by atoms with E-state index in [9.17, 15) is 9.59 Å². The first-order valence-electron chi connectivity index (χ1n) is 9.16. The van der Waals surface area contributed by atoms with Crippen molar-refractivity contribution in [3.05, 3.63) is 76.4 Å². The molecule has 0 fully saturated rings. The van der Waals surface area contributed by atoms with Crippen LogP contribution in [0.25, 0.3) is 21.7 Å². The Morgan fingerprint density at radius 1 is 1.14 bits per heavy atom. The largest absolute Gasteiger partial charge is 0.459 e. The Morgan fingerprint density at radius 3 is 2.57 bits per heavy atom. The van der Waals surface area contributed by atoms with Gasteiger partial charge in [-0.05, 0) is 32.0 Å². The third kappa shape index (κ3) is 3.07. The van der Waals surface area contributed by atoms with Crippen molar-refractivity contribution >= 4 is 27.6 Å². The van der Waals surface area contributed by atoms with Crippen molar-refractivity contribution < 1.29 is 9.21 Å². The summed E-state index contributed by atoms with van der Waals surface area (Å²) in [5.74, 6) is 0.490. The van der Waals surface area contributed by atoms with Crippen LogP contribution >= 0.6 is 0 Å². The number of hydrogen-bond acceptors (Lipinski definition) is 4. The van der Waals surface area contributed by atoms with Crippen molar-refractivity contribution in [1.29, 1.82) is 0 Å². The molecule has 0 unspecified atom stereocenters. The zero-order valence-electron chi connectivity index (χ0n) is 16.0. The summed E-state index contributed by atoms with van der Waals surface area (Å²) in [6.45, 7) is 3.62. The van der Waals surface area contributed by atoms with Gasteiger partial charge in [0.2, 0.25) is 5.91 Å². The van der Waals surface area contributed by atoms with Gasteiger partial charge >= 0.3 is 0 Å². The molecule has 0 saturated carbocycles. The summed E-state index contributed by atoms with van der Waals surface area (Å²) < 4.78 is 7.11. The van der Waals surface area contributed by atoms with Crippen LogP contribution < -0.4 is 5.56 Å². The molecule has 0 N–H and O–H groups in total. The molecule has 0 saturated heterocycles. The summed E-state index contributed by atoms with van der Waals surface area (Å²) in [5.41, 5.74) is 1.24. The van der Waals surface area contributed by atoms with Gasteiger partial charge in [-0.2, -0.15) is 5.10 Å². The van der Waals surface area contributed by atoms with Crippen LogP contribution in [0.15, 0.2) is 63.8 Å². The normalized spacial score (nSPS) is 12.4. The van der Waals surface area contributed by atoms with E-state index in [1.165, 1.54) is 4.68 Å². The molecule has 0 aliphatic carbocycles. The number of nitrogens with zero attached hydrogens (tertiary/aromatic N) is 3. The summed E-state index contributed by atoms with van der Waals surface area (Å²) in [4.78, 5) is 27.1. The highest BCUT2D eigenvalue weighted by Crippen LogP contribution is 2.26. The first-order chi connectivity index (χ1) is 13.5. The standard InChI is InChI=1S/C22H21N3O3/c1-14-17-9-5-6-10-18(17)22(27)25(23-14)13-21(26)24(3)15(2)20-12-16-8-4-7-11-19(16)28-20/h4-12,15H,13H2,1-3H3/t15-/m1/s1. The van der Waals surface area contributed by atoms with Crippen molar-refractivity contribution in [2.75, 3.05) is 7.05 Å². The van der Waals surface area contributed by atoms with Gasteiger partial charge in [-0.25, -0.2) is 4.68 Å². The fraction of sp³-hybridized carbons (Fsp3) is 0.227. The predicted octanol–water partition coefficient (Wildman–Crippen LogP) is 3.67. The zero-order chi connectivity index (χ0) is 19.8. The van der Waals surface area contributed by atoms with E-state index in [-0.39, 0.29) is 24.1 Å². The molecule has 0 bridgehead atoms. The summed E-state index contributed by atoms with van der Waals surface area (Å²) in [6, 6.07) is 16.7. The van der Waals surface area contributed by atoms with Crippen LogP contribution in [0.2, 0.25) is 0 Å². The van der Waals surface area contributed by atoms with Crippen molar-refractivity contribution in [2.24, 2.45) is 0 Å². The van der Waals surface area contributed by atoms with Crippen LogP contribution in [-0.2, 0) is 11.3 Å². The fourth-order valence-corrected chi connectivity index (χ4v) is 3.37. The van der Waals surface area contributed by atoms with E-state index in [1.807, 2.05) is 62.4 Å². The van der Waals surface area contributed by atoms with Crippen LogP contribution in [0, 0.1) is 6.92 Å². The van der Waals surface area contributed by atoms with Gasteiger partial charge in [-0.1, -0.05) is 36.4 Å². The molecule has 2 heterocycles. The lowest BCUT2D eigenvalue weighted by Gasteiger charge is -2.23. The summed E-state index contributed by atoms with van der Waals surface area (Å²) in [5, 5.41) is 6.69. The van der Waals surface area contributed by atoms with Gasteiger partial charge in [0.1, 0.15) is 17.9 Å². The lowest BCUT2D eigenvalue weighted by atomic mass is 10.1. The Hall–Kier alpha value is -3.41. The van der Waals surface area contributed by atoms with E-state index in [4.69, 9.17) is 4.42 Å². The van der Waals surface area contributed by atoms with Gasteiger partial charge in [-0.15, -0.1) is 0 Å². The van der Waals surface area contributed by atoms with Gasteiger partial charge in [0.15, 0.2) is 0 Å². The molecule has 4 aromatic rings.